The highest BCUT2D eigenvalue weighted by atomic mass is 16.2. The first-order valence-corrected chi connectivity index (χ1v) is 3.66. The molecule has 0 aliphatic heterocycles. The minimum Gasteiger partial charge on any atom is -0.392 e. The summed E-state index contributed by atoms with van der Waals surface area (Å²) in [5, 5.41) is 12.5. The van der Waals surface area contributed by atoms with Gasteiger partial charge in [-0.3, -0.25) is 4.68 Å². The third kappa shape index (κ3) is 2.20. The Hall–Kier alpha value is -1.09. The molecule has 0 radical (unpaired) electrons. The van der Waals surface area contributed by atoms with Gasteiger partial charge in [-0.1, -0.05) is 12.2 Å². The van der Waals surface area contributed by atoms with E-state index in [1.807, 2.05) is 23.9 Å². The lowest BCUT2D eigenvalue weighted by Crippen LogP contribution is -1.91. The lowest BCUT2D eigenvalue weighted by molar-refractivity contribution is 0.343. The lowest BCUT2D eigenvalue weighted by atomic mass is 10.3. The summed E-state index contributed by atoms with van der Waals surface area (Å²) in [4.78, 5) is 0. The third-order valence-corrected chi connectivity index (χ3v) is 1.39. The van der Waals surface area contributed by atoms with Crippen LogP contribution in [0.25, 0.3) is 6.08 Å². The van der Waals surface area contributed by atoms with Crippen LogP contribution in [0.5, 0.6) is 0 Å². The van der Waals surface area contributed by atoms with E-state index in [0.29, 0.717) is 0 Å². The van der Waals surface area contributed by atoms with E-state index in [4.69, 9.17) is 5.11 Å². The van der Waals surface area contributed by atoms with Gasteiger partial charge in [-0.2, -0.15) is 5.10 Å². The van der Waals surface area contributed by atoms with Gasteiger partial charge in [-0.05, 0) is 6.92 Å². The highest BCUT2D eigenvalue weighted by molar-refractivity contribution is 5.46. The van der Waals surface area contributed by atoms with Crippen LogP contribution in [0.4, 0.5) is 0 Å². The highest BCUT2D eigenvalue weighted by Gasteiger charge is 1.90. The summed E-state index contributed by atoms with van der Waals surface area (Å²) in [5.74, 6) is 0. The van der Waals surface area contributed by atoms with Gasteiger partial charge >= 0.3 is 0 Å². The number of aryl methyl sites for hydroxylation is 1. The second-order valence-electron chi connectivity index (χ2n) is 2.21. The van der Waals surface area contributed by atoms with E-state index >= 15 is 0 Å². The van der Waals surface area contributed by atoms with Crippen molar-refractivity contribution >= 4 is 6.08 Å². The summed E-state index contributed by atoms with van der Waals surface area (Å²) in [6.07, 6.45) is 7.25. The molecule has 1 heterocycles. The fraction of sp³-hybridized carbons (Fsp3) is 0.375. The zero-order valence-electron chi connectivity index (χ0n) is 6.57. The van der Waals surface area contributed by atoms with Crippen molar-refractivity contribution < 1.29 is 5.11 Å². The third-order valence-electron chi connectivity index (χ3n) is 1.39. The summed E-state index contributed by atoms with van der Waals surface area (Å²) in [5.41, 5.74) is 1.03. The van der Waals surface area contributed by atoms with Gasteiger partial charge in [0.25, 0.3) is 0 Å². The van der Waals surface area contributed by atoms with Crippen LogP contribution in [-0.2, 0) is 6.54 Å². The molecule has 0 atom stereocenters. The van der Waals surface area contributed by atoms with Gasteiger partial charge in [-0.25, -0.2) is 0 Å². The maximum absolute atomic E-state index is 8.48. The Kier molecular flexibility index (Phi) is 2.86. The second kappa shape index (κ2) is 3.93. The number of aromatic nitrogens is 2. The maximum Gasteiger partial charge on any atom is 0.0615 e. The van der Waals surface area contributed by atoms with Crippen LogP contribution >= 0.6 is 0 Å². The van der Waals surface area contributed by atoms with Crippen LogP contribution in [-0.4, -0.2) is 21.5 Å². The fourth-order valence-electron chi connectivity index (χ4n) is 0.827. The molecule has 0 aliphatic carbocycles. The van der Waals surface area contributed by atoms with Crippen LogP contribution in [0.15, 0.2) is 18.5 Å². The quantitative estimate of drug-likeness (QED) is 0.699. The van der Waals surface area contributed by atoms with Crippen molar-refractivity contribution in [1.29, 1.82) is 0 Å². The number of rotatable bonds is 3. The van der Waals surface area contributed by atoms with Crippen LogP contribution in [0.3, 0.4) is 0 Å². The molecule has 3 nitrogen and oxygen atoms in total. The standard InChI is InChI=1S/C8H12N2O/c1-2-10-7-8(6-9-10)4-3-5-11/h3-4,6-7,11H,2,5H2,1H3/b4-3+. The predicted molar refractivity (Wildman–Crippen MR) is 44.0 cm³/mol. The Balaban J connectivity index is 2.65. The van der Waals surface area contributed by atoms with E-state index in [1.54, 1.807) is 12.3 Å². The van der Waals surface area contributed by atoms with Gasteiger partial charge in [0.05, 0.1) is 12.8 Å². The van der Waals surface area contributed by atoms with Crippen LogP contribution < -0.4 is 0 Å². The molecule has 3 heteroatoms. The molecule has 1 rings (SSSR count). The normalized spacial score (nSPS) is 11.1. The number of hydrogen-bond donors (Lipinski definition) is 1. The molecular formula is C8H12N2O. The second-order valence-corrected chi connectivity index (χ2v) is 2.21. The number of aliphatic hydroxyl groups is 1. The van der Waals surface area contributed by atoms with E-state index in [0.717, 1.165) is 12.1 Å². The van der Waals surface area contributed by atoms with Gasteiger partial charge in [0.2, 0.25) is 0 Å². The fourth-order valence-corrected chi connectivity index (χ4v) is 0.827. The molecule has 0 amide bonds. The summed E-state index contributed by atoms with van der Waals surface area (Å²) >= 11 is 0. The van der Waals surface area contributed by atoms with Gasteiger partial charge in [0.1, 0.15) is 0 Å². The lowest BCUT2D eigenvalue weighted by Gasteiger charge is -1.89. The monoisotopic (exact) mass is 152 g/mol. The highest BCUT2D eigenvalue weighted by Crippen LogP contribution is 1.99. The van der Waals surface area contributed by atoms with Gasteiger partial charge in [-0.15, -0.1) is 0 Å². The van der Waals surface area contributed by atoms with Gasteiger partial charge < -0.3 is 5.11 Å². The molecule has 1 N–H and O–H groups in total. The van der Waals surface area contributed by atoms with Crippen LogP contribution in [0.2, 0.25) is 0 Å². The Morgan fingerprint density at radius 2 is 2.55 bits per heavy atom. The summed E-state index contributed by atoms with van der Waals surface area (Å²) in [7, 11) is 0. The zero-order chi connectivity index (χ0) is 8.10. The first kappa shape index (κ1) is 8.01. The first-order chi connectivity index (χ1) is 5.36. The molecule has 0 spiro atoms. The van der Waals surface area contributed by atoms with Crippen molar-refractivity contribution in [2.45, 2.75) is 13.5 Å². The smallest absolute Gasteiger partial charge is 0.0615 e. The Bertz CT molecular complexity index is 240. The van der Waals surface area contributed by atoms with Crippen molar-refractivity contribution in [3.63, 3.8) is 0 Å². The zero-order valence-corrected chi connectivity index (χ0v) is 6.57. The van der Waals surface area contributed by atoms with Crippen molar-refractivity contribution in [2.75, 3.05) is 6.61 Å². The molecule has 60 valence electrons. The van der Waals surface area contributed by atoms with Crippen molar-refractivity contribution in [3.05, 3.63) is 24.0 Å². The number of hydrogen-bond acceptors (Lipinski definition) is 2. The first-order valence-electron chi connectivity index (χ1n) is 3.66. The van der Waals surface area contributed by atoms with Gasteiger partial charge in [0.15, 0.2) is 0 Å². The van der Waals surface area contributed by atoms with E-state index in [-0.39, 0.29) is 6.61 Å². The topological polar surface area (TPSA) is 38.0 Å². The molecule has 11 heavy (non-hydrogen) atoms. The van der Waals surface area contributed by atoms with E-state index in [9.17, 15) is 0 Å². The molecule has 0 saturated heterocycles. The molecule has 0 aromatic carbocycles. The van der Waals surface area contributed by atoms with Gasteiger partial charge in [0, 0.05) is 18.3 Å². The number of nitrogens with zero attached hydrogens (tertiary/aromatic N) is 2. The van der Waals surface area contributed by atoms with Crippen molar-refractivity contribution in [1.82, 2.24) is 9.78 Å². The average Bonchev–Trinajstić information content (AvgIpc) is 2.48. The predicted octanol–water partition coefficient (Wildman–Crippen LogP) is 0.908. The van der Waals surface area contributed by atoms with E-state index < -0.39 is 0 Å². The molecule has 0 aliphatic rings. The Morgan fingerprint density at radius 3 is 3.09 bits per heavy atom. The summed E-state index contributed by atoms with van der Waals surface area (Å²) in [6.45, 7) is 3.00. The number of aliphatic hydroxyl groups excluding tert-OH is 1. The molecular weight excluding hydrogens is 140 g/mol. The Morgan fingerprint density at radius 1 is 1.73 bits per heavy atom. The maximum atomic E-state index is 8.48. The molecule has 0 fully saturated rings. The summed E-state index contributed by atoms with van der Waals surface area (Å²) < 4.78 is 1.84. The minimum absolute atomic E-state index is 0.0807. The van der Waals surface area contributed by atoms with Crippen LogP contribution in [0, 0.1) is 0 Å². The van der Waals surface area contributed by atoms with Crippen molar-refractivity contribution in [2.24, 2.45) is 0 Å². The molecule has 0 unspecified atom stereocenters. The summed E-state index contributed by atoms with van der Waals surface area (Å²) in [6, 6.07) is 0. The van der Waals surface area contributed by atoms with Crippen molar-refractivity contribution in [3.8, 4) is 0 Å². The molecule has 1 aromatic heterocycles. The molecule has 1 aromatic rings. The van der Waals surface area contributed by atoms with E-state index in [2.05, 4.69) is 5.10 Å². The largest absolute Gasteiger partial charge is 0.392 e. The Labute approximate surface area is 66.0 Å². The minimum atomic E-state index is 0.0807. The van der Waals surface area contributed by atoms with E-state index in [1.165, 1.54) is 0 Å². The average molecular weight is 152 g/mol. The van der Waals surface area contributed by atoms with Crippen LogP contribution in [0.1, 0.15) is 12.5 Å². The molecule has 0 saturated carbocycles. The molecule has 0 bridgehead atoms. The SMILES string of the molecule is CCn1cc(/C=C/CO)cn1.